The minimum absolute atomic E-state index is 0.259. The standard InChI is InChI=1S/C14H18INO3/c1-14(2,3)19-13(18)16-12(9-17)8-10-4-6-11(15)7-5-10/h4-7,17H,8-9H2,1-3H3. The zero-order valence-electron chi connectivity index (χ0n) is 11.3. The van der Waals surface area contributed by atoms with Crippen molar-refractivity contribution in [1.29, 1.82) is 0 Å². The van der Waals surface area contributed by atoms with Gasteiger partial charge in [0.15, 0.2) is 0 Å². The van der Waals surface area contributed by atoms with Crippen LogP contribution in [0.15, 0.2) is 29.3 Å². The van der Waals surface area contributed by atoms with E-state index in [2.05, 4.69) is 27.6 Å². The van der Waals surface area contributed by atoms with Crippen LogP contribution in [-0.4, -0.2) is 29.1 Å². The maximum absolute atomic E-state index is 11.6. The molecule has 0 aliphatic rings. The SMILES string of the molecule is CC(C)(C)OC(=O)N=C(CO)Cc1ccc(I)cc1. The molecule has 0 bridgehead atoms. The highest BCUT2D eigenvalue weighted by Crippen LogP contribution is 2.10. The van der Waals surface area contributed by atoms with Gasteiger partial charge < -0.3 is 9.84 Å². The first-order valence-electron chi connectivity index (χ1n) is 5.95. The fourth-order valence-corrected chi connectivity index (χ4v) is 1.74. The maximum atomic E-state index is 11.6. The first-order valence-corrected chi connectivity index (χ1v) is 7.03. The van der Waals surface area contributed by atoms with Crippen LogP contribution in [-0.2, 0) is 11.2 Å². The molecule has 0 saturated heterocycles. The Morgan fingerprint density at radius 3 is 2.37 bits per heavy atom. The van der Waals surface area contributed by atoms with E-state index in [1.807, 2.05) is 24.3 Å². The third kappa shape index (κ3) is 6.68. The van der Waals surface area contributed by atoms with Crippen molar-refractivity contribution in [2.75, 3.05) is 6.61 Å². The van der Waals surface area contributed by atoms with Crippen LogP contribution in [0.1, 0.15) is 26.3 Å². The van der Waals surface area contributed by atoms with Crippen molar-refractivity contribution in [3.63, 3.8) is 0 Å². The van der Waals surface area contributed by atoms with Crippen molar-refractivity contribution in [1.82, 2.24) is 0 Å². The van der Waals surface area contributed by atoms with E-state index < -0.39 is 11.7 Å². The van der Waals surface area contributed by atoms with E-state index in [0.717, 1.165) is 9.13 Å². The minimum Gasteiger partial charge on any atom is -0.442 e. The number of aliphatic hydroxyl groups excluding tert-OH is 1. The van der Waals surface area contributed by atoms with E-state index >= 15 is 0 Å². The van der Waals surface area contributed by atoms with Crippen molar-refractivity contribution < 1.29 is 14.6 Å². The number of amides is 1. The van der Waals surface area contributed by atoms with Gasteiger partial charge in [0.2, 0.25) is 0 Å². The summed E-state index contributed by atoms with van der Waals surface area (Å²) < 4.78 is 6.22. The third-order valence-corrected chi connectivity index (χ3v) is 2.87. The molecule has 104 valence electrons. The minimum atomic E-state index is -0.665. The van der Waals surface area contributed by atoms with Gasteiger partial charge in [-0.05, 0) is 61.1 Å². The monoisotopic (exact) mass is 375 g/mol. The second kappa shape index (κ2) is 7.00. The number of carbonyl (C=O) groups excluding carboxylic acids is 1. The largest absolute Gasteiger partial charge is 0.442 e. The Balaban J connectivity index is 2.72. The van der Waals surface area contributed by atoms with Gasteiger partial charge in [-0.15, -0.1) is 0 Å². The first-order chi connectivity index (χ1) is 8.80. The lowest BCUT2D eigenvalue weighted by Crippen LogP contribution is -2.23. The normalized spacial score (nSPS) is 12.4. The molecule has 1 rings (SSSR count). The highest BCUT2D eigenvalue weighted by molar-refractivity contribution is 14.1. The van der Waals surface area contributed by atoms with Gasteiger partial charge in [0, 0.05) is 9.99 Å². The Labute approximate surface area is 127 Å². The number of halogens is 1. The van der Waals surface area contributed by atoms with Gasteiger partial charge >= 0.3 is 6.09 Å². The summed E-state index contributed by atoms with van der Waals surface area (Å²) in [5.74, 6) is 0. The van der Waals surface area contributed by atoms with Crippen molar-refractivity contribution in [3.8, 4) is 0 Å². The van der Waals surface area contributed by atoms with Crippen LogP contribution >= 0.6 is 22.6 Å². The number of aliphatic imine (C=N–C) groups is 1. The quantitative estimate of drug-likeness (QED) is 0.652. The van der Waals surface area contributed by atoms with E-state index in [-0.39, 0.29) is 6.61 Å². The van der Waals surface area contributed by atoms with Gasteiger partial charge in [0.05, 0.1) is 12.3 Å². The van der Waals surface area contributed by atoms with Crippen molar-refractivity contribution in [2.24, 2.45) is 4.99 Å². The second-order valence-electron chi connectivity index (χ2n) is 5.12. The number of ether oxygens (including phenoxy) is 1. The molecule has 4 nitrogen and oxygen atoms in total. The first kappa shape index (κ1) is 16.1. The summed E-state index contributed by atoms with van der Waals surface area (Å²) in [6.07, 6.45) is -0.228. The van der Waals surface area contributed by atoms with Crippen LogP contribution in [0, 0.1) is 3.57 Å². The molecule has 0 aliphatic heterocycles. The Morgan fingerprint density at radius 1 is 1.32 bits per heavy atom. The Kier molecular flexibility index (Phi) is 5.93. The Hall–Kier alpha value is -0.950. The van der Waals surface area contributed by atoms with E-state index in [0.29, 0.717) is 12.1 Å². The number of aliphatic hydroxyl groups is 1. The average Bonchev–Trinajstić information content (AvgIpc) is 2.28. The van der Waals surface area contributed by atoms with E-state index in [1.54, 1.807) is 20.8 Å². The molecule has 1 aromatic carbocycles. The van der Waals surface area contributed by atoms with E-state index in [9.17, 15) is 9.90 Å². The van der Waals surface area contributed by atoms with Crippen LogP contribution in [0.5, 0.6) is 0 Å². The summed E-state index contributed by atoms with van der Waals surface area (Å²) >= 11 is 2.22. The summed E-state index contributed by atoms with van der Waals surface area (Å²) in [4.78, 5) is 15.4. The lowest BCUT2D eigenvalue weighted by molar-refractivity contribution is 0.0603. The average molecular weight is 375 g/mol. The topological polar surface area (TPSA) is 58.9 Å². The molecule has 0 aliphatic carbocycles. The predicted octanol–water partition coefficient (Wildman–Crippen LogP) is 3.20. The Bertz CT molecular complexity index is 461. The van der Waals surface area contributed by atoms with Gasteiger partial charge in [-0.2, -0.15) is 4.99 Å². The highest BCUT2D eigenvalue weighted by Gasteiger charge is 2.16. The molecular formula is C14H18INO3. The molecule has 0 radical (unpaired) electrons. The van der Waals surface area contributed by atoms with Crippen LogP contribution < -0.4 is 0 Å². The molecule has 0 aromatic heterocycles. The number of carbonyl (C=O) groups is 1. The van der Waals surface area contributed by atoms with Crippen LogP contribution in [0.25, 0.3) is 0 Å². The number of rotatable bonds is 3. The highest BCUT2D eigenvalue weighted by atomic mass is 127. The van der Waals surface area contributed by atoms with Gasteiger partial charge in [-0.1, -0.05) is 12.1 Å². The number of hydrogen-bond acceptors (Lipinski definition) is 3. The zero-order chi connectivity index (χ0) is 14.5. The summed E-state index contributed by atoms with van der Waals surface area (Å²) in [6, 6.07) is 7.83. The Morgan fingerprint density at radius 2 is 1.89 bits per heavy atom. The molecule has 0 spiro atoms. The molecule has 0 atom stereocenters. The van der Waals surface area contributed by atoms with Gasteiger partial charge in [0.1, 0.15) is 5.60 Å². The molecule has 0 fully saturated rings. The zero-order valence-corrected chi connectivity index (χ0v) is 13.5. The van der Waals surface area contributed by atoms with Crippen molar-refractivity contribution in [2.45, 2.75) is 32.8 Å². The van der Waals surface area contributed by atoms with Crippen LogP contribution in [0.3, 0.4) is 0 Å². The summed E-state index contributed by atoms with van der Waals surface area (Å²) in [5, 5.41) is 9.25. The van der Waals surface area contributed by atoms with E-state index in [4.69, 9.17) is 4.74 Å². The lowest BCUT2D eigenvalue weighted by Gasteiger charge is -2.17. The maximum Gasteiger partial charge on any atom is 0.434 e. The summed E-state index contributed by atoms with van der Waals surface area (Å²) in [5.41, 5.74) is 0.816. The smallest absolute Gasteiger partial charge is 0.434 e. The summed E-state index contributed by atoms with van der Waals surface area (Å²) in [7, 11) is 0. The number of nitrogens with zero attached hydrogens (tertiary/aromatic N) is 1. The third-order valence-electron chi connectivity index (χ3n) is 2.15. The number of hydrogen-bond donors (Lipinski definition) is 1. The molecule has 0 unspecified atom stereocenters. The fraction of sp³-hybridized carbons (Fsp3) is 0.429. The number of benzene rings is 1. The molecule has 0 heterocycles. The molecular weight excluding hydrogens is 357 g/mol. The van der Waals surface area contributed by atoms with Gasteiger partial charge in [0.25, 0.3) is 0 Å². The van der Waals surface area contributed by atoms with Gasteiger partial charge in [-0.3, -0.25) is 0 Å². The fourth-order valence-electron chi connectivity index (χ4n) is 1.38. The van der Waals surface area contributed by atoms with Crippen LogP contribution in [0.2, 0.25) is 0 Å². The lowest BCUT2D eigenvalue weighted by atomic mass is 10.1. The van der Waals surface area contributed by atoms with Gasteiger partial charge in [-0.25, -0.2) is 4.79 Å². The van der Waals surface area contributed by atoms with Crippen molar-refractivity contribution in [3.05, 3.63) is 33.4 Å². The summed E-state index contributed by atoms with van der Waals surface area (Å²) in [6.45, 7) is 5.07. The molecule has 5 heteroatoms. The molecule has 1 N–H and O–H groups in total. The molecule has 1 aromatic rings. The van der Waals surface area contributed by atoms with Crippen LogP contribution in [0.4, 0.5) is 4.79 Å². The molecule has 19 heavy (non-hydrogen) atoms. The predicted molar refractivity (Wildman–Crippen MR) is 83.6 cm³/mol. The van der Waals surface area contributed by atoms with Crippen molar-refractivity contribution >= 4 is 34.4 Å². The van der Waals surface area contributed by atoms with E-state index in [1.165, 1.54) is 0 Å². The second-order valence-corrected chi connectivity index (χ2v) is 6.37. The molecule has 1 amide bonds. The molecule has 0 saturated carbocycles.